The number of hydrogen-bond acceptors (Lipinski definition) is 5. The van der Waals surface area contributed by atoms with Gasteiger partial charge in [0.2, 0.25) is 0 Å². The molecule has 0 spiro atoms. The Hall–Kier alpha value is -1.75. The number of nitrogens with zero attached hydrogens (tertiary/aromatic N) is 2. The first-order valence-electron chi connectivity index (χ1n) is 4.45. The fraction of sp³-hybridized carbons (Fsp3) is 0.100. The molecule has 4 N–H and O–H groups in total. The highest BCUT2D eigenvalue weighted by molar-refractivity contribution is 7.81. The molecule has 0 amide bonds. The van der Waals surface area contributed by atoms with Gasteiger partial charge in [0.15, 0.2) is 5.82 Å². The van der Waals surface area contributed by atoms with Crippen LogP contribution < -0.4 is 11.5 Å². The van der Waals surface area contributed by atoms with Crippen molar-refractivity contribution in [2.24, 2.45) is 11.5 Å². The number of allylic oxidation sites excluding steroid dienone is 3. The molecule has 76 valence electrons. The summed E-state index contributed by atoms with van der Waals surface area (Å²) < 4.78 is 0. The van der Waals surface area contributed by atoms with Crippen LogP contribution in [0.15, 0.2) is 35.9 Å². The third-order valence-electron chi connectivity index (χ3n) is 2.06. The van der Waals surface area contributed by atoms with E-state index in [1.54, 1.807) is 24.5 Å². The van der Waals surface area contributed by atoms with Crippen molar-refractivity contribution < 1.29 is 0 Å². The molecule has 0 fully saturated rings. The Kier molecular flexibility index (Phi) is 2.47. The van der Waals surface area contributed by atoms with E-state index in [1.165, 1.54) is 0 Å². The van der Waals surface area contributed by atoms with E-state index in [9.17, 15) is 0 Å². The first-order chi connectivity index (χ1) is 7.18. The second kappa shape index (κ2) is 3.78. The summed E-state index contributed by atoms with van der Waals surface area (Å²) in [6, 6.07) is 1.75. The van der Waals surface area contributed by atoms with E-state index in [4.69, 9.17) is 23.7 Å². The highest BCUT2D eigenvalue weighted by Gasteiger charge is 2.18. The van der Waals surface area contributed by atoms with Gasteiger partial charge in [0.1, 0.15) is 0 Å². The lowest BCUT2D eigenvalue weighted by Crippen LogP contribution is -2.18. The average molecular weight is 218 g/mol. The molecule has 0 radical (unpaired) electrons. The maximum Gasteiger partial charge on any atom is 0.162 e. The summed E-state index contributed by atoms with van der Waals surface area (Å²) in [5, 5.41) is 0. The van der Waals surface area contributed by atoms with Gasteiger partial charge in [-0.15, -0.1) is 0 Å². The van der Waals surface area contributed by atoms with E-state index in [2.05, 4.69) is 9.97 Å². The quantitative estimate of drug-likeness (QED) is 0.680. The van der Waals surface area contributed by atoms with E-state index < -0.39 is 0 Å². The van der Waals surface area contributed by atoms with E-state index in [-0.39, 0.29) is 0 Å². The number of hydrogen-bond donors (Lipinski definition) is 2. The Morgan fingerprint density at radius 1 is 1.20 bits per heavy atom. The second-order valence-electron chi connectivity index (χ2n) is 3.22. The van der Waals surface area contributed by atoms with Crippen LogP contribution in [0.2, 0.25) is 0 Å². The summed E-state index contributed by atoms with van der Waals surface area (Å²) in [6.07, 6.45) is 5.57. The number of nitrogens with two attached hydrogens (primary N) is 2. The molecule has 1 aliphatic carbocycles. The lowest BCUT2D eigenvalue weighted by molar-refractivity contribution is 1.10. The summed E-state index contributed by atoms with van der Waals surface area (Å²) in [7, 11) is 0. The van der Waals surface area contributed by atoms with Gasteiger partial charge in [-0.2, -0.15) is 0 Å². The largest absolute Gasteiger partial charge is 0.402 e. The molecule has 0 atom stereocenters. The summed E-state index contributed by atoms with van der Waals surface area (Å²) >= 11 is 5.22. The maximum atomic E-state index is 5.85. The Balaban J connectivity index is 2.53. The second-order valence-corrected chi connectivity index (χ2v) is 3.71. The van der Waals surface area contributed by atoms with Crippen LogP contribution in [0.1, 0.15) is 12.2 Å². The van der Waals surface area contributed by atoms with Crippen LogP contribution in [-0.4, -0.2) is 14.8 Å². The van der Waals surface area contributed by atoms with Crippen molar-refractivity contribution in [2.75, 3.05) is 0 Å². The van der Waals surface area contributed by atoms with Gasteiger partial charge in [0.25, 0.3) is 0 Å². The van der Waals surface area contributed by atoms with Crippen molar-refractivity contribution >= 4 is 22.7 Å². The predicted molar refractivity (Wildman–Crippen MR) is 62.6 cm³/mol. The molecule has 5 heteroatoms. The van der Waals surface area contributed by atoms with Crippen LogP contribution in [0.25, 0.3) is 5.57 Å². The normalized spacial score (nSPS) is 16.5. The molecule has 0 aromatic carbocycles. The molecule has 0 aliphatic heterocycles. The van der Waals surface area contributed by atoms with Gasteiger partial charge in [-0.25, -0.2) is 9.97 Å². The standard InChI is InChI=1S/C10H10N4S/c11-6-4-7(12)9(8(15)5-6)10-13-2-1-3-14-10/h1-4H,5,11-12H2. The van der Waals surface area contributed by atoms with E-state index in [0.717, 1.165) is 5.57 Å². The molecular formula is C10H10N4S. The van der Waals surface area contributed by atoms with Crippen molar-refractivity contribution in [3.8, 4) is 0 Å². The molecule has 15 heavy (non-hydrogen) atoms. The molecule has 0 saturated heterocycles. The molecule has 1 heterocycles. The Bertz CT molecular complexity index is 462. The lowest BCUT2D eigenvalue weighted by Gasteiger charge is -2.15. The molecule has 1 aromatic heterocycles. The smallest absolute Gasteiger partial charge is 0.162 e. The Labute approximate surface area is 92.7 Å². The first kappa shape index (κ1) is 9.79. The monoisotopic (exact) mass is 218 g/mol. The van der Waals surface area contributed by atoms with Crippen molar-refractivity contribution in [3.63, 3.8) is 0 Å². The van der Waals surface area contributed by atoms with Gasteiger partial charge < -0.3 is 11.5 Å². The van der Waals surface area contributed by atoms with Gasteiger partial charge >= 0.3 is 0 Å². The van der Waals surface area contributed by atoms with Gasteiger partial charge in [0, 0.05) is 35.1 Å². The summed E-state index contributed by atoms with van der Waals surface area (Å²) in [5.74, 6) is 0.559. The summed E-state index contributed by atoms with van der Waals surface area (Å²) in [6.45, 7) is 0. The van der Waals surface area contributed by atoms with Crippen molar-refractivity contribution in [2.45, 2.75) is 6.42 Å². The highest BCUT2D eigenvalue weighted by Crippen LogP contribution is 2.23. The lowest BCUT2D eigenvalue weighted by atomic mass is 9.99. The summed E-state index contributed by atoms with van der Waals surface area (Å²) in [5.41, 5.74) is 13.5. The fourth-order valence-electron chi connectivity index (χ4n) is 1.44. The number of rotatable bonds is 1. The Morgan fingerprint density at radius 3 is 2.47 bits per heavy atom. The van der Waals surface area contributed by atoms with Gasteiger partial charge in [0.05, 0.1) is 5.57 Å². The molecule has 4 nitrogen and oxygen atoms in total. The molecular weight excluding hydrogens is 208 g/mol. The van der Waals surface area contributed by atoms with E-state index >= 15 is 0 Å². The number of thiocarbonyl (C=S) groups is 1. The van der Waals surface area contributed by atoms with Crippen LogP contribution in [0.4, 0.5) is 0 Å². The SMILES string of the molecule is NC1=CC(N)=C(c2ncccn2)C(=S)C1. The molecule has 0 saturated carbocycles. The van der Waals surface area contributed by atoms with Crippen molar-refractivity contribution in [1.82, 2.24) is 9.97 Å². The minimum atomic E-state index is 0.537. The first-order valence-corrected chi connectivity index (χ1v) is 4.85. The Morgan fingerprint density at radius 2 is 1.87 bits per heavy atom. The van der Waals surface area contributed by atoms with Gasteiger partial charge in [-0.05, 0) is 12.1 Å². The van der Waals surface area contributed by atoms with Crippen molar-refractivity contribution in [3.05, 3.63) is 41.8 Å². The third kappa shape index (κ3) is 1.87. The molecule has 1 aliphatic rings. The molecule has 2 rings (SSSR count). The van der Waals surface area contributed by atoms with E-state index in [1.807, 2.05) is 0 Å². The topological polar surface area (TPSA) is 77.8 Å². The van der Waals surface area contributed by atoms with Crippen LogP contribution >= 0.6 is 12.2 Å². The fourth-order valence-corrected chi connectivity index (χ4v) is 1.82. The zero-order valence-electron chi connectivity index (χ0n) is 7.97. The molecule has 0 bridgehead atoms. The summed E-state index contributed by atoms with van der Waals surface area (Å²) in [4.78, 5) is 8.94. The van der Waals surface area contributed by atoms with Crippen LogP contribution in [0.3, 0.4) is 0 Å². The van der Waals surface area contributed by atoms with Crippen LogP contribution in [-0.2, 0) is 0 Å². The van der Waals surface area contributed by atoms with E-state index in [0.29, 0.717) is 28.5 Å². The maximum absolute atomic E-state index is 5.85. The minimum Gasteiger partial charge on any atom is -0.402 e. The predicted octanol–water partition coefficient (Wildman–Crippen LogP) is 0.763. The number of aromatic nitrogens is 2. The highest BCUT2D eigenvalue weighted by atomic mass is 32.1. The minimum absolute atomic E-state index is 0.537. The van der Waals surface area contributed by atoms with Crippen LogP contribution in [0, 0.1) is 0 Å². The zero-order chi connectivity index (χ0) is 10.8. The molecule has 1 aromatic rings. The van der Waals surface area contributed by atoms with Crippen LogP contribution in [0.5, 0.6) is 0 Å². The third-order valence-corrected chi connectivity index (χ3v) is 2.41. The van der Waals surface area contributed by atoms with Gasteiger partial charge in [-0.3, -0.25) is 0 Å². The van der Waals surface area contributed by atoms with Crippen molar-refractivity contribution in [1.29, 1.82) is 0 Å². The zero-order valence-corrected chi connectivity index (χ0v) is 8.79. The molecule has 0 unspecified atom stereocenters. The average Bonchev–Trinajstić information content (AvgIpc) is 2.17. The van der Waals surface area contributed by atoms with Gasteiger partial charge in [-0.1, -0.05) is 12.2 Å².